The lowest BCUT2D eigenvalue weighted by molar-refractivity contribution is 0.671. The normalized spacial score (nSPS) is 14.0. The van der Waals surface area contributed by atoms with Crippen LogP contribution >= 0.6 is 15.9 Å². The highest BCUT2D eigenvalue weighted by Gasteiger charge is 2.18. The fourth-order valence-corrected chi connectivity index (χ4v) is 4.06. The van der Waals surface area contributed by atoms with Crippen LogP contribution in [-0.2, 0) is 0 Å². The summed E-state index contributed by atoms with van der Waals surface area (Å²) >= 11 is 3.20. The summed E-state index contributed by atoms with van der Waals surface area (Å²) in [5.41, 5.74) is 3.16. The molecular formula is C24H14BrNO. The zero-order valence-electron chi connectivity index (χ0n) is 18.0. The lowest BCUT2D eigenvalue weighted by Gasteiger charge is -2.08. The lowest BCUT2D eigenvalue weighted by Crippen LogP contribution is -1.93. The number of halogens is 1. The third kappa shape index (κ3) is 2.06. The van der Waals surface area contributed by atoms with E-state index in [9.17, 15) is 0 Å². The summed E-state index contributed by atoms with van der Waals surface area (Å²) in [6.07, 6.45) is 0. The van der Waals surface area contributed by atoms with Crippen LogP contribution in [0.4, 0.5) is 0 Å². The van der Waals surface area contributed by atoms with Crippen LogP contribution in [0.2, 0.25) is 0 Å². The third-order valence-electron chi connectivity index (χ3n) is 4.98. The van der Waals surface area contributed by atoms with Gasteiger partial charge in [0.25, 0.3) is 0 Å². The van der Waals surface area contributed by atoms with E-state index in [-0.39, 0.29) is 34.3 Å². The minimum Gasteiger partial charge on any atom is -0.454 e. The van der Waals surface area contributed by atoms with E-state index in [4.69, 9.17) is 9.90 Å². The second-order valence-corrected chi connectivity index (χ2v) is 7.24. The molecular weight excluding hydrogens is 398 g/mol. The molecule has 2 aromatic heterocycles. The Labute approximate surface area is 169 Å². The highest BCUT2D eigenvalue weighted by molar-refractivity contribution is 9.10. The molecule has 4 aromatic carbocycles. The first-order valence-electron chi connectivity index (χ1n) is 10.6. The Bertz CT molecular complexity index is 1670. The smallest absolute Gasteiger partial charge is 0.160 e. The van der Waals surface area contributed by atoms with Gasteiger partial charge >= 0.3 is 0 Å². The maximum atomic E-state index is 8.64. The maximum absolute atomic E-state index is 8.64. The number of fused-ring (bicyclic) bond motifs is 7. The van der Waals surface area contributed by atoms with Gasteiger partial charge in [-0.2, -0.15) is 0 Å². The van der Waals surface area contributed by atoms with Crippen molar-refractivity contribution in [1.82, 2.24) is 4.57 Å². The first-order chi connectivity index (χ1) is 15.0. The summed E-state index contributed by atoms with van der Waals surface area (Å²) in [5.74, 6) is 0. The highest BCUT2D eigenvalue weighted by Crippen LogP contribution is 2.40. The van der Waals surface area contributed by atoms with Crippen molar-refractivity contribution in [2.75, 3.05) is 0 Å². The molecule has 0 aliphatic rings. The number of benzene rings is 4. The molecule has 27 heavy (non-hydrogen) atoms. The van der Waals surface area contributed by atoms with Gasteiger partial charge in [0, 0.05) is 31.7 Å². The molecule has 6 rings (SSSR count). The van der Waals surface area contributed by atoms with Gasteiger partial charge in [0.05, 0.1) is 16.5 Å². The summed E-state index contributed by atoms with van der Waals surface area (Å²) in [6, 6.07) is 19.2. The molecule has 0 unspecified atom stereocenters. The first kappa shape index (κ1) is 11.6. The first-order valence-corrected chi connectivity index (χ1v) is 9.38. The SMILES string of the molecule is [2H]c1c([2H])c(-n2c3ccccc3c3ccc4c5ccccc5oc4c32)c([2H])c([2H])c1Br. The number of aromatic nitrogens is 1. The van der Waals surface area contributed by atoms with E-state index >= 15 is 0 Å². The number of furan rings is 1. The average molecular weight is 416 g/mol. The fourth-order valence-electron chi connectivity index (χ4n) is 3.87. The largest absolute Gasteiger partial charge is 0.454 e. The monoisotopic (exact) mass is 415 g/mol. The molecule has 0 fully saturated rings. The second-order valence-electron chi connectivity index (χ2n) is 6.45. The van der Waals surface area contributed by atoms with Crippen LogP contribution < -0.4 is 0 Å². The summed E-state index contributed by atoms with van der Waals surface area (Å²) in [7, 11) is 0. The van der Waals surface area contributed by atoms with E-state index in [1.165, 1.54) is 0 Å². The van der Waals surface area contributed by atoms with Crippen LogP contribution in [0.25, 0.3) is 49.4 Å². The number of para-hydroxylation sites is 2. The van der Waals surface area contributed by atoms with E-state index in [2.05, 4.69) is 15.9 Å². The molecule has 0 N–H and O–H groups in total. The fraction of sp³-hybridized carbons (Fsp3) is 0. The topological polar surface area (TPSA) is 18.1 Å². The summed E-state index contributed by atoms with van der Waals surface area (Å²) in [4.78, 5) is 0. The van der Waals surface area contributed by atoms with Gasteiger partial charge in [-0.15, -0.1) is 0 Å². The number of nitrogens with zero attached hydrogens (tertiary/aromatic N) is 1. The van der Waals surface area contributed by atoms with Gasteiger partial charge < -0.3 is 8.98 Å². The maximum Gasteiger partial charge on any atom is 0.160 e. The molecule has 0 amide bonds. The zero-order chi connectivity index (χ0) is 21.4. The quantitative estimate of drug-likeness (QED) is 0.272. The van der Waals surface area contributed by atoms with Crippen molar-refractivity contribution in [3.05, 3.63) is 89.3 Å². The van der Waals surface area contributed by atoms with Crippen molar-refractivity contribution < 1.29 is 9.90 Å². The number of hydrogen-bond acceptors (Lipinski definition) is 1. The van der Waals surface area contributed by atoms with Gasteiger partial charge in [-0.3, -0.25) is 0 Å². The molecule has 0 radical (unpaired) electrons. The van der Waals surface area contributed by atoms with Crippen LogP contribution in [0.3, 0.4) is 0 Å². The molecule has 0 saturated heterocycles. The van der Waals surface area contributed by atoms with Gasteiger partial charge in [0.2, 0.25) is 0 Å². The van der Waals surface area contributed by atoms with Crippen LogP contribution in [-0.4, -0.2) is 4.57 Å². The molecule has 0 atom stereocenters. The Morgan fingerprint density at radius 3 is 2.30 bits per heavy atom. The van der Waals surface area contributed by atoms with Crippen LogP contribution in [0, 0.1) is 0 Å². The molecule has 0 saturated carbocycles. The number of hydrogen-bond donors (Lipinski definition) is 0. The number of rotatable bonds is 1. The summed E-state index contributed by atoms with van der Waals surface area (Å²) in [6.45, 7) is 0. The second kappa shape index (κ2) is 5.48. The van der Waals surface area contributed by atoms with E-state index in [0.717, 1.165) is 38.2 Å². The molecule has 0 aliphatic carbocycles. The molecule has 0 spiro atoms. The Hall–Kier alpha value is -3.04. The molecule has 2 heterocycles. The van der Waals surface area contributed by atoms with Crippen molar-refractivity contribution in [1.29, 1.82) is 0 Å². The van der Waals surface area contributed by atoms with Crippen molar-refractivity contribution in [2.45, 2.75) is 0 Å². The van der Waals surface area contributed by atoms with Gasteiger partial charge in [-0.25, -0.2) is 0 Å². The highest BCUT2D eigenvalue weighted by atomic mass is 79.9. The van der Waals surface area contributed by atoms with Gasteiger partial charge in [-0.05, 0) is 42.4 Å². The van der Waals surface area contributed by atoms with E-state index in [0.29, 0.717) is 5.58 Å². The van der Waals surface area contributed by atoms with E-state index < -0.39 is 0 Å². The van der Waals surface area contributed by atoms with Crippen molar-refractivity contribution in [3.63, 3.8) is 0 Å². The molecule has 128 valence electrons. The van der Waals surface area contributed by atoms with Crippen LogP contribution in [0.15, 0.2) is 93.7 Å². The van der Waals surface area contributed by atoms with E-state index in [1.807, 2.05) is 65.2 Å². The molecule has 2 nitrogen and oxygen atoms in total. The molecule has 0 bridgehead atoms. The Morgan fingerprint density at radius 2 is 1.44 bits per heavy atom. The predicted molar refractivity (Wildman–Crippen MR) is 116 cm³/mol. The molecule has 3 heteroatoms. The molecule has 0 aliphatic heterocycles. The van der Waals surface area contributed by atoms with Gasteiger partial charge in [0.15, 0.2) is 5.58 Å². The van der Waals surface area contributed by atoms with E-state index in [1.54, 1.807) is 0 Å². The molecule has 6 aromatic rings. The lowest BCUT2D eigenvalue weighted by atomic mass is 10.1. The van der Waals surface area contributed by atoms with Crippen LogP contribution in [0.5, 0.6) is 0 Å². The van der Waals surface area contributed by atoms with Crippen molar-refractivity contribution in [3.8, 4) is 5.69 Å². The van der Waals surface area contributed by atoms with Crippen molar-refractivity contribution >= 4 is 59.7 Å². The zero-order valence-corrected chi connectivity index (χ0v) is 15.6. The summed E-state index contributed by atoms with van der Waals surface area (Å²) in [5, 5.41) is 3.83. The summed E-state index contributed by atoms with van der Waals surface area (Å²) < 4.78 is 42.2. The predicted octanol–water partition coefficient (Wildman–Crippen LogP) is 7.45. The Kier molecular flexibility index (Phi) is 2.36. The van der Waals surface area contributed by atoms with Gasteiger partial charge in [-0.1, -0.05) is 58.4 Å². The minimum atomic E-state index is -0.112. The minimum absolute atomic E-state index is 0.108. The average Bonchev–Trinajstić information content (AvgIpc) is 3.33. The standard InChI is InChI=1S/C24H14BrNO/c25-15-9-11-16(12-10-15)26-21-7-3-1-5-17(21)19-13-14-20-18-6-2-4-8-22(18)27-24(20)23(19)26/h1-14H/i9D,10D,11D,12D. The Morgan fingerprint density at radius 1 is 0.741 bits per heavy atom. The third-order valence-corrected chi connectivity index (χ3v) is 5.38. The van der Waals surface area contributed by atoms with Crippen molar-refractivity contribution in [2.24, 2.45) is 0 Å². The Balaban J connectivity index is 1.92. The van der Waals surface area contributed by atoms with Crippen LogP contribution in [0.1, 0.15) is 5.48 Å². The van der Waals surface area contributed by atoms with Gasteiger partial charge in [0.1, 0.15) is 5.58 Å².